The minimum Gasteiger partial charge on any atom is -0.332 e. The number of fused-ring (bicyclic) bond motifs is 4. The SMILES string of the molecule is CCC(=O)N1C2CCC1c1cnc(-c3ccccc3)nc1C2. The van der Waals surface area contributed by atoms with Crippen LogP contribution < -0.4 is 0 Å². The van der Waals surface area contributed by atoms with Gasteiger partial charge in [-0.3, -0.25) is 4.79 Å². The van der Waals surface area contributed by atoms with E-state index in [9.17, 15) is 4.79 Å². The molecule has 2 atom stereocenters. The molecule has 1 amide bonds. The summed E-state index contributed by atoms with van der Waals surface area (Å²) in [6.45, 7) is 1.94. The molecule has 1 aromatic carbocycles. The predicted octanol–water partition coefficient (Wildman–Crippen LogP) is 3.14. The van der Waals surface area contributed by atoms with Crippen LogP contribution in [0.2, 0.25) is 0 Å². The van der Waals surface area contributed by atoms with Gasteiger partial charge in [0.15, 0.2) is 5.82 Å². The number of carbonyl (C=O) groups excluding carboxylic acids is 1. The predicted molar refractivity (Wildman–Crippen MR) is 84.1 cm³/mol. The first kappa shape index (κ1) is 13.4. The minimum absolute atomic E-state index is 0.186. The number of aromatic nitrogens is 2. The first-order valence-corrected chi connectivity index (χ1v) is 8.00. The van der Waals surface area contributed by atoms with Crippen LogP contribution in [-0.2, 0) is 11.2 Å². The molecule has 0 spiro atoms. The third-order valence-corrected chi connectivity index (χ3v) is 4.81. The molecule has 0 N–H and O–H groups in total. The Bertz CT molecular complexity index is 714. The molecule has 0 radical (unpaired) electrons. The summed E-state index contributed by atoms with van der Waals surface area (Å²) < 4.78 is 0. The fraction of sp³-hybridized carbons (Fsp3) is 0.389. The van der Waals surface area contributed by atoms with Crippen LogP contribution in [0.1, 0.15) is 43.5 Å². The Morgan fingerprint density at radius 3 is 2.86 bits per heavy atom. The lowest BCUT2D eigenvalue weighted by atomic mass is 9.98. The quantitative estimate of drug-likeness (QED) is 0.854. The average molecular weight is 293 g/mol. The standard InChI is InChI=1S/C18H19N3O/c1-2-17(22)21-13-8-9-16(21)14-11-19-18(20-15(14)10-13)12-6-4-3-5-7-12/h3-7,11,13,16H,2,8-10H2,1H3. The van der Waals surface area contributed by atoms with E-state index in [0.29, 0.717) is 12.5 Å². The van der Waals surface area contributed by atoms with Crippen LogP contribution in [0, 0.1) is 0 Å². The van der Waals surface area contributed by atoms with E-state index >= 15 is 0 Å². The Hall–Kier alpha value is -2.23. The van der Waals surface area contributed by atoms with Gasteiger partial charge >= 0.3 is 0 Å². The number of carbonyl (C=O) groups is 1. The van der Waals surface area contributed by atoms with Crippen molar-refractivity contribution in [3.05, 3.63) is 47.8 Å². The van der Waals surface area contributed by atoms with E-state index < -0.39 is 0 Å². The maximum Gasteiger partial charge on any atom is 0.223 e. The Balaban J connectivity index is 1.73. The van der Waals surface area contributed by atoms with Crippen LogP contribution in [0.4, 0.5) is 0 Å². The van der Waals surface area contributed by atoms with Crippen molar-refractivity contribution in [3.63, 3.8) is 0 Å². The lowest BCUT2D eigenvalue weighted by Gasteiger charge is -2.35. The van der Waals surface area contributed by atoms with Crippen molar-refractivity contribution < 1.29 is 4.79 Å². The number of rotatable bonds is 2. The van der Waals surface area contributed by atoms with Gasteiger partial charge in [-0.25, -0.2) is 9.97 Å². The first-order chi connectivity index (χ1) is 10.8. The number of hydrogen-bond acceptors (Lipinski definition) is 3. The van der Waals surface area contributed by atoms with Crippen molar-refractivity contribution in [2.75, 3.05) is 0 Å². The second-order valence-electron chi connectivity index (χ2n) is 6.07. The van der Waals surface area contributed by atoms with Crippen LogP contribution in [0.3, 0.4) is 0 Å². The third-order valence-electron chi connectivity index (χ3n) is 4.81. The molecular weight excluding hydrogens is 274 g/mol. The summed E-state index contributed by atoms with van der Waals surface area (Å²) in [5.74, 6) is 1.04. The maximum atomic E-state index is 12.2. The molecule has 1 saturated heterocycles. The topological polar surface area (TPSA) is 46.1 Å². The minimum atomic E-state index is 0.186. The highest BCUT2D eigenvalue weighted by atomic mass is 16.2. The molecule has 2 aromatic rings. The lowest BCUT2D eigenvalue weighted by molar-refractivity contribution is -0.134. The molecule has 3 heterocycles. The Morgan fingerprint density at radius 2 is 2.09 bits per heavy atom. The fourth-order valence-corrected chi connectivity index (χ4v) is 3.77. The highest BCUT2D eigenvalue weighted by Crippen LogP contribution is 2.43. The highest BCUT2D eigenvalue weighted by molar-refractivity contribution is 5.77. The third kappa shape index (κ3) is 2.02. The van der Waals surface area contributed by atoms with E-state index in [1.807, 2.05) is 43.5 Å². The monoisotopic (exact) mass is 293 g/mol. The average Bonchev–Trinajstić information content (AvgIpc) is 2.89. The smallest absolute Gasteiger partial charge is 0.223 e. The van der Waals surface area contributed by atoms with Gasteiger partial charge in [-0.05, 0) is 12.8 Å². The number of amides is 1. The highest BCUT2D eigenvalue weighted by Gasteiger charge is 2.42. The molecule has 4 nitrogen and oxygen atoms in total. The van der Waals surface area contributed by atoms with Crippen LogP contribution >= 0.6 is 0 Å². The lowest BCUT2D eigenvalue weighted by Crippen LogP contribution is -2.42. The Labute approximate surface area is 130 Å². The summed E-state index contributed by atoms with van der Waals surface area (Å²) in [7, 11) is 0. The molecule has 2 aliphatic rings. The van der Waals surface area contributed by atoms with Gasteiger partial charge < -0.3 is 4.90 Å². The molecule has 22 heavy (non-hydrogen) atoms. The van der Waals surface area contributed by atoms with Crippen molar-refractivity contribution in [1.29, 1.82) is 0 Å². The van der Waals surface area contributed by atoms with Gasteiger partial charge in [0.1, 0.15) is 0 Å². The van der Waals surface area contributed by atoms with Gasteiger partial charge in [0.25, 0.3) is 0 Å². The van der Waals surface area contributed by atoms with E-state index in [1.165, 1.54) is 0 Å². The molecule has 0 aliphatic carbocycles. The van der Waals surface area contributed by atoms with Gasteiger partial charge in [-0.2, -0.15) is 0 Å². The van der Waals surface area contributed by atoms with E-state index in [1.54, 1.807) is 0 Å². The van der Waals surface area contributed by atoms with Crippen molar-refractivity contribution in [3.8, 4) is 11.4 Å². The molecule has 2 aliphatic heterocycles. The van der Waals surface area contributed by atoms with Crippen molar-refractivity contribution in [2.45, 2.75) is 44.7 Å². The number of benzene rings is 1. The second-order valence-corrected chi connectivity index (χ2v) is 6.07. The molecule has 1 aromatic heterocycles. The van der Waals surface area contributed by atoms with E-state index in [2.05, 4.69) is 9.88 Å². The van der Waals surface area contributed by atoms with Crippen molar-refractivity contribution in [1.82, 2.24) is 14.9 Å². The van der Waals surface area contributed by atoms with Crippen LogP contribution in [-0.4, -0.2) is 26.8 Å². The molecule has 2 unspecified atom stereocenters. The van der Waals surface area contributed by atoms with Gasteiger partial charge in [-0.1, -0.05) is 37.3 Å². The van der Waals surface area contributed by atoms with Gasteiger partial charge in [0, 0.05) is 36.2 Å². The Kier molecular flexibility index (Phi) is 3.17. The molecule has 2 bridgehead atoms. The molecule has 4 rings (SSSR count). The Morgan fingerprint density at radius 1 is 1.27 bits per heavy atom. The van der Waals surface area contributed by atoms with E-state index in [4.69, 9.17) is 4.98 Å². The largest absolute Gasteiger partial charge is 0.332 e. The van der Waals surface area contributed by atoms with Crippen molar-refractivity contribution >= 4 is 5.91 Å². The summed E-state index contributed by atoms with van der Waals surface area (Å²) in [6, 6.07) is 10.6. The molecule has 1 fully saturated rings. The van der Waals surface area contributed by atoms with Gasteiger partial charge in [-0.15, -0.1) is 0 Å². The number of hydrogen-bond donors (Lipinski definition) is 0. The van der Waals surface area contributed by atoms with Crippen LogP contribution in [0.15, 0.2) is 36.5 Å². The summed E-state index contributed by atoms with van der Waals surface area (Å²) >= 11 is 0. The molecule has 0 saturated carbocycles. The van der Waals surface area contributed by atoms with E-state index in [-0.39, 0.29) is 11.9 Å². The number of nitrogens with zero attached hydrogens (tertiary/aromatic N) is 3. The summed E-state index contributed by atoms with van der Waals surface area (Å²) in [5.41, 5.74) is 3.32. The maximum absolute atomic E-state index is 12.2. The van der Waals surface area contributed by atoms with Gasteiger partial charge in [0.2, 0.25) is 5.91 Å². The second kappa shape index (κ2) is 5.20. The van der Waals surface area contributed by atoms with Crippen LogP contribution in [0.25, 0.3) is 11.4 Å². The van der Waals surface area contributed by atoms with Crippen LogP contribution in [0.5, 0.6) is 0 Å². The fourth-order valence-electron chi connectivity index (χ4n) is 3.77. The zero-order valence-electron chi connectivity index (χ0n) is 12.7. The molecule has 4 heteroatoms. The zero-order valence-corrected chi connectivity index (χ0v) is 12.7. The zero-order chi connectivity index (χ0) is 15.1. The first-order valence-electron chi connectivity index (χ1n) is 8.00. The summed E-state index contributed by atoms with van der Waals surface area (Å²) in [5, 5.41) is 0. The normalized spacial score (nSPS) is 22.5. The molecule has 112 valence electrons. The molecular formula is C18H19N3O. The summed E-state index contributed by atoms with van der Waals surface area (Å²) in [4.78, 5) is 23.6. The van der Waals surface area contributed by atoms with E-state index in [0.717, 1.165) is 41.9 Å². The van der Waals surface area contributed by atoms with Gasteiger partial charge in [0.05, 0.1) is 11.7 Å². The summed E-state index contributed by atoms with van der Waals surface area (Å²) in [6.07, 6.45) is 5.49. The van der Waals surface area contributed by atoms with Crippen molar-refractivity contribution in [2.24, 2.45) is 0 Å².